The van der Waals surface area contributed by atoms with E-state index in [1.165, 1.54) is 0 Å². The molecule has 0 bridgehead atoms. The van der Waals surface area contributed by atoms with Gasteiger partial charge in [-0.2, -0.15) is 0 Å². The third-order valence-electron chi connectivity index (χ3n) is 1.46. The minimum Gasteiger partial charge on any atom is -0.481 e. The quantitative estimate of drug-likeness (QED) is 0.434. The predicted octanol–water partition coefficient (Wildman–Crippen LogP) is -3.30. The van der Waals surface area contributed by atoms with E-state index >= 15 is 0 Å². The van der Waals surface area contributed by atoms with E-state index in [-0.39, 0.29) is 4.66 Å². The van der Waals surface area contributed by atoms with E-state index in [1.807, 2.05) is 0 Å². The second kappa shape index (κ2) is 2.60. The standard InChI is InChI=1S/C3H12O2Si3/c4-2(5)3(7,8)1-6/h1H2,6-8H3,(H,4,5). The van der Waals surface area contributed by atoms with E-state index in [1.54, 1.807) is 0 Å². The molecule has 2 nitrogen and oxygen atoms in total. The van der Waals surface area contributed by atoms with Crippen LogP contribution in [0.25, 0.3) is 0 Å². The van der Waals surface area contributed by atoms with Crippen molar-refractivity contribution < 1.29 is 9.90 Å². The van der Waals surface area contributed by atoms with E-state index in [9.17, 15) is 4.79 Å². The van der Waals surface area contributed by atoms with Gasteiger partial charge in [0.1, 0.15) is 0 Å². The fourth-order valence-electron chi connectivity index (χ4n) is 0.151. The normalized spacial score (nSPS) is 18.5. The molecule has 0 aromatic carbocycles. The lowest BCUT2D eigenvalue weighted by atomic mass is 10.5. The van der Waals surface area contributed by atoms with E-state index in [0.29, 0.717) is 0 Å². The van der Waals surface area contributed by atoms with Crippen molar-refractivity contribution in [2.75, 3.05) is 0 Å². The Kier molecular flexibility index (Phi) is 2.64. The highest BCUT2D eigenvalue weighted by Gasteiger charge is 2.23. The van der Waals surface area contributed by atoms with Crippen molar-refractivity contribution in [2.24, 2.45) is 0 Å². The molecule has 0 amide bonds. The smallest absolute Gasteiger partial charge is 0.301 e. The van der Waals surface area contributed by atoms with Gasteiger partial charge < -0.3 is 5.11 Å². The molecule has 0 saturated carbocycles. The average Bonchev–Trinajstić information content (AvgIpc) is 1.67. The number of carboxylic acids is 1. The molecule has 0 aromatic heterocycles. The fourth-order valence-corrected chi connectivity index (χ4v) is 0.454. The first-order valence-electron chi connectivity index (χ1n) is 2.74. The van der Waals surface area contributed by atoms with Crippen LogP contribution in [0.4, 0.5) is 0 Å². The summed E-state index contributed by atoms with van der Waals surface area (Å²) in [5.74, 6) is -0.564. The van der Waals surface area contributed by atoms with E-state index in [0.717, 1.165) is 36.8 Å². The van der Waals surface area contributed by atoms with E-state index in [4.69, 9.17) is 5.11 Å². The summed E-state index contributed by atoms with van der Waals surface area (Å²) in [5, 5.41) is 8.53. The lowest BCUT2D eigenvalue weighted by molar-refractivity contribution is -0.137. The predicted molar refractivity (Wildman–Crippen MR) is 45.0 cm³/mol. The topological polar surface area (TPSA) is 37.3 Å². The molecule has 0 saturated heterocycles. The minimum absolute atomic E-state index is 0.202. The van der Waals surface area contributed by atoms with Gasteiger partial charge in [-0.05, 0) is 0 Å². The molecule has 0 rings (SSSR count). The summed E-state index contributed by atoms with van der Waals surface area (Å²) >= 11 is 0. The molecule has 1 N–H and O–H groups in total. The molecule has 0 atom stereocenters. The summed E-state index contributed by atoms with van der Waals surface area (Å²) in [6.07, 6.45) is 0. The van der Waals surface area contributed by atoms with Crippen LogP contribution in [0.1, 0.15) is 0 Å². The van der Waals surface area contributed by atoms with Crippen LogP contribution in [0.5, 0.6) is 0 Å². The second-order valence-corrected chi connectivity index (χ2v) is 9.66. The van der Waals surface area contributed by atoms with Gasteiger partial charge >= 0.3 is 5.97 Å². The molecule has 48 valence electrons. The minimum atomic E-state index is -0.564. The zero-order valence-electron chi connectivity index (χ0n) is 5.56. The zero-order chi connectivity index (χ0) is 6.78. The van der Waals surface area contributed by atoms with E-state index in [2.05, 4.69) is 0 Å². The Bertz CT molecular complexity index is 101. The van der Waals surface area contributed by atoms with Gasteiger partial charge in [0.15, 0.2) is 0 Å². The van der Waals surface area contributed by atoms with Crippen LogP contribution in [0, 0.1) is 0 Å². The maximum atomic E-state index is 10.3. The molecule has 8 heavy (non-hydrogen) atoms. The molecule has 0 spiro atoms. The third-order valence-corrected chi connectivity index (χ3v) is 8.33. The van der Waals surface area contributed by atoms with Crippen molar-refractivity contribution in [1.29, 1.82) is 0 Å². The van der Waals surface area contributed by atoms with Gasteiger partial charge in [0.05, 0.1) is 0 Å². The van der Waals surface area contributed by atoms with Crippen molar-refractivity contribution in [2.45, 2.75) is 10.7 Å². The molecule has 5 heteroatoms. The van der Waals surface area contributed by atoms with Gasteiger partial charge in [-0.25, -0.2) is 0 Å². The van der Waals surface area contributed by atoms with Gasteiger partial charge in [-0.15, -0.1) is 0 Å². The van der Waals surface area contributed by atoms with Crippen molar-refractivity contribution in [3.8, 4) is 0 Å². The van der Waals surface area contributed by atoms with Crippen LogP contribution in [-0.2, 0) is 4.79 Å². The largest absolute Gasteiger partial charge is 0.481 e. The summed E-state index contributed by atoms with van der Waals surface area (Å²) in [5.41, 5.74) is 0. The van der Waals surface area contributed by atoms with Crippen LogP contribution >= 0.6 is 0 Å². The van der Waals surface area contributed by atoms with Crippen LogP contribution < -0.4 is 0 Å². The first kappa shape index (κ1) is 8.12. The second-order valence-electron chi connectivity index (χ2n) is 2.54. The van der Waals surface area contributed by atoms with Crippen molar-refractivity contribution >= 4 is 36.7 Å². The summed E-state index contributed by atoms with van der Waals surface area (Å²) in [7, 11) is 2.69. The van der Waals surface area contributed by atoms with Gasteiger partial charge in [0.25, 0.3) is 0 Å². The molecule has 0 unspecified atom stereocenters. The Morgan fingerprint density at radius 3 is 2.00 bits per heavy atom. The zero-order valence-corrected chi connectivity index (χ0v) is 11.6. The first-order valence-corrected chi connectivity index (χ1v) is 6.15. The van der Waals surface area contributed by atoms with Gasteiger partial charge in [0.2, 0.25) is 0 Å². The highest BCUT2D eigenvalue weighted by Crippen LogP contribution is 2.18. The highest BCUT2D eigenvalue weighted by atomic mass is 28.2. The lowest BCUT2D eigenvalue weighted by Gasteiger charge is -2.14. The number of hydrogen-bond acceptors (Lipinski definition) is 1. The first-order chi connectivity index (χ1) is 3.50. The monoisotopic (exact) mass is 164 g/mol. The molecule has 0 aromatic rings. The number of carbonyl (C=O) groups is 1. The fraction of sp³-hybridized carbons (Fsp3) is 0.667. The van der Waals surface area contributed by atoms with Gasteiger partial charge in [-0.3, -0.25) is 4.79 Å². The van der Waals surface area contributed by atoms with Gasteiger partial charge in [0, 0.05) is 35.4 Å². The Morgan fingerprint density at radius 1 is 1.62 bits per heavy atom. The molecule has 0 aliphatic carbocycles. The lowest BCUT2D eigenvalue weighted by Crippen LogP contribution is -2.23. The van der Waals surface area contributed by atoms with Gasteiger partial charge in [-0.1, -0.05) is 6.04 Å². The van der Waals surface area contributed by atoms with Crippen molar-refractivity contribution in [3.05, 3.63) is 0 Å². The van der Waals surface area contributed by atoms with Crippen LogP contribution in [0.15, 0.2) is 0 Å². The number of aliphatic carboxylic acids is 1. The summed E-state index contributed by atoms with van der Waals surface area (Å²) in [6, 6.07) is 0.945. The Hall–Kier alpha value is 0.121. The molecule has 0 fully saturated rings. The van der Waals surface area contributed by atoms with Crippen molar-refractivity contribution in [3.63, 3.8) is 0 Å². The third kappa shape index (κ3) is 1.93. The molecular weight excluding hydrogens is 152 g/mol. The number of hydrogen-bond donors (Lipinski definition) is 1. The number of carboxylic acid groups (broad SMARTS) is 1. The molecule has 0 aliphatic heterocycles. The Balaban J connectivity index is 3.91. The summed E-state index contributed by atoms with van der Waals surface area (Å²) in [4.78, 5) is 10.3. The molecule has 0 radical (unpaired) electrons. The van der Waals surface area contributed by atoms with Crippen molar-refractivity contribution in [1.82, 2.24) is 0 Å². The van der Waals surface area contributed by atoms with Crippen LogP contribution in [-0.4, -0.2) is 41.8 Å². The SMILES string of the molecule is O=C(O)C([SiH3])([SiH3])C[SiH3]. The molecule has 0 heterocycles. The highest BCUT2D eigenvalue weighted by molar-refractivity contribution is 6.52. The molecule has 0 aliphatic rings. The van der Waals surface area contributed by atoms with E-state index < -0.39 is 5.97 Å². The van der Waals surface area contributed by atoms with Crippen LogP contribution in [0.3, 0.4) is 0 Å². The Labute approximate surface area is 57.9 Å². The Morgan fingerprint density at radius 2 is 2.00 bits per heavy atom. The number of rotatable bonds is 2. The average molecular weight is 164 g/mol. The van der Waals surface area contributed by atoms with Crippen LogP contribution in [0.2, 0.25) is 10.7 Å². The maximum Gasteiger partial charge on any atom is 0.301 e. The maximum absolute atomic E-state index is 10.3. The molecular formula is C3H12O2Si3. The summed E-state index contributed by atoms with van der Waals surface area (Å²) in [6.45, 7) is 0. The summed E-state index contributed by atoms with van der Waals surface area (Å²) < 4.78 is -0.202.